The maximum Gasteiger partial charge on any atom is 0.272 e. The van der Waals surface area contributed by atoms with Crippen LogP contribution in [0.15, 0.2) is 108 Å². The predicted octanol–water partition coefficient (Wildman–Crippen LogP) is 7.02. The Bertz CT molecular complexity index is 1600. The van der Waals surface area contributed by atoms with Gasteiger partial charge in [0.05, 0.1) is 17.4 Å². The van der Waals surface area contributed by atoms with Gasteiger partial charge in [-0.15, -0.1) is 11.8 Å². The molecule has 4 aromatic rings. The van der Waals surface area contributed by atoms with Gasteiger partial charge in [-0.05, 0) is 73.7 Å². The summed E-state index contributed by atoms with van der Waals surface area (Å²) in [6, 6.07) is 26.7. The van der Waals surface area contributed by atoms with Crippen LogP contribution in [0.25, 0.3) is 6.08 Å². The number of carbonyl (C=O) groups is 3. The van der Waals surface area contributed by atoms with Crippen molar-refractivity contribution in [2.75, 3.05) is 23.0 Å². The highest BCUT2D eigenvalue weighted by Crippen LogP contribution is 2.24. The van der Waals surface area contributed by atoms with Crippen LogP contribution < -0.4 is 20.7 Å². The van der Waals surface area contributed by atoms with Gasteiger partial charge in [0.1, 0.15) is 17.3 Å². The van der Waals surface area contributed by atoms with Gasteiger partial charge in [0.15, 0.2) is 0 Å². The molecular weight excluding hydrogens is 577 g/mol. The molecule has 42 heavy (non-hydrogen) atoms. The zero-order valence-electron chi connectivity index (χ0n) is 22.5. The van der Waals surface area contributed by atoms with Gasteiger partial charge in [-0.2, -0.15) is 0 Å². The van der Waals surface area contributed by atoms with Crippen LogP contribution in [0.5, 0.6) is 5.75 Å². The Morgan fingerprint density at radius 2 is 1.57 bits per heavy atom. The highest BCUT2D eigenvalue weighted by Gasteiger charge is 2.16. The second kappa shape index (κ2) is 14.9. The van der Waals surface area contributed by atoms with Crippen LogP contribution in [0.2, 0.25) is 5.02 Å². The van der Waals surface area contributed by atoms with Crippen molar-refractivity contribution in [2.24, 2.45) is 0 Å². The molecule has 0 bridgehead atoms. The van der Waals surface area contributed by atoms with Crippen LogP contribution in [0, 0.1) is 5.82 Å². The van der Waals surface area contributed by atoms with Gasteiger partial charge < -0.3 is 20.7 Å². The summed E-state index contributed by atoms with van der Waals surface area (Å²) in [4.78, 5) is 39.3. The summed E-state index contributed by atoms with van der Waals surface area (Å²) in [5, 5.41) is 8.13. The van der Waals surface area contributed by atoms with Crippen molar-refractivity contribution < 1.29 is 23.5 Å². The average molecular weight is 604 g/mol. The van der Waals surface area contributed by atoms with Crippen molar-refractivity contribution in [3.63, 3.8) is 0 Å². The van der Waals surface area contributed by atoms with Crippen LogP contribution in [-0.2, 0) is 9.59 Å². The van der Waals surface area contributed by atoms with Gasteiger partial charge in [0.25, 0.3) is 11.8 Å². The number of rotatable bonds is 11. The molecular formula is C32H27ClFN3O4S. The Balaban J connectivity index is 1.43. The van der Waals surface area contributed by atoms with Gasteiger partial charge in [-0.1, -0.05) is 48.0 Å². The summed E-state index contributed by atoms with van der Waals surface area (Å²) in [5.74, 6) is -1.11. The summed E-state index contributed by atoms with van der Waals surface area (Å²) in [7, 11) is 0. The largest absolute Gasteiger partial charge is 0.493 e. The molecule has 0 unspecified atom stereocenters. The van der Waals surface area contributed by atoms with Gasteiger partial charge in [-0.3, -0.25) is 14.4 Å². The van der Waals surface area contributed by atoms with E-state index in [2.05, 4.69) is 16.0 Å². The second-order valence-corrected chi connectivity index (χ2v) is 10.2. The van der Waals surface area contributed by atoms with Crippen LogP contribution in [-0.4, -0.2) is 30.1 Å². The maximum absolute atomic E-state index is 13.3. The lowest BCUT2D eigenvalue weighted by Gasteiger charge is -2.13. The highest BCUT2D eigenvalue weighted by atomic mass is 35.5. The number of anilines is 2. The number of carbonyl (C=O) groups excluding carboxylic acids is 3. The molecule has 0 spiro atoms. The first-order valence-electron chi connectivity index (χ1n) is 12.9. The molecule has 4 rings (SSSR count). The number of halogens is 2. The van der Waals surface area contributed by atoms with E-state index in [-0.39, 0.29) is 22.4 Å². The molecule has 0 saturated heterocycles. The number of amides is 3. The molecule has 0 radical (unpaired) electrons. The Morgan fingerprint density at radius 1 is 0.881 bits per heavy atom. The predicted molar refractivity (Wildman–Crippen MR) is 165 cm³/mol. The minimum Gasteiger partial charge on any atom is -0.493 e. The second-order valence-electron chi connectivity index (χ2n) is 8.79. The number of ether oxygens (including phenoxy) is 1. The summed E-state index contributed by atoms with van der Waals surface area (Å²) in [5.41, 5.74) is 1.96. The number of nitrogens with one attached hydrogen (secondary N) is 3. The zero-order valence-corrected chi connectivity index (χ0v) is 24.1. The standard InChI is InChI=1S/C32H27ClFN3O4S/c1-2-41-29-11-7-6-10-22(29)18-28(37-31(39)21-8-4-3-5-9-21)32(40)36-23-12-15-25(16-13-23)42-20-30(38)35-24-14-17-27(34)26(33)19-24/h3-19H,2,20H2,1H3,(H,35,38)(H,36,40)(H,37,39)/b28-18-. The minimum atomic E-state index is -0.562. The topological polar surface area (TPSA) is 96.5 Å². The molecule has 3 N–H and O–H groups in total. The molecule has 0 aliphatic carbocycles. The monoisotopic (exact) mass is 603 g/mol. The molecule has 4 aromatic carbocycles. The first-order valence-corrected chi connectivity index (χ1v) is 14.3. The first kappa shape index (κ1) is 30.4. The van der Waals surface area contributed by atoms with E-state index in [9.17, 15) is 18.8 Å². The molecule has 0 heterocycles. The molecule has 0 atom stereocenters. The summed E-state index contributed by atoms with van der Waals surface area (Å²) in [6.45, 7) is 2.30. The number of benzene rings is 4. The van der Waals surface area contributed by atoms with E-state index in [0.29, 0.717) is 34.9 Å². The van der Waals surface area contributed by atoms with E-state index >= 15 is 0 Å². The van der Waals surface area contributed by atoms with E-state index < -0.39 is 17.6 Å². The zero-order chi connectivity index (χ0) is 29.9. The lowest BCUT2D eigenvalue weighted by molar-refractivity contribution is -0.114. The van der Waals surface area contributed by atoms with Crippen molar-refractivity contribution in [3.05, 3.63) is 125 Å². The highest BCUT2D eigenvalue weighted by molar-refractivity contribution is 8.00. The van der Waals surface area contributed by atoms with Gasteiger partial charge in [0.2, 0.25) is 5.91 Å². The fourth-order valence-corrected chi connectivity index (χ4v) is 4.62. The molecule has 0 aromatic heterocycles. The Hall–Kier alpha value is -4.60. The molecule has 0 aliphatic heterocycles. The fourth-order valence-electron chi connectivity index (χ4n) is 3.74. The van der Waals surface area contributed by atoms with Gasteiger partial charge in [0, 0.05) is 27.4 Å². The summed E-state index contributed by atoms with van der Waals surface area (Å²) >= 11 is 7.05. The average Bonchev–Trinajstić information content (AvgIpc) is 3.00. The fraction of sp³-hybridized carbons (Fsp3) is 0.0938. The van der Waals surface area contributed by atoms with Crippen molar-refractivity contribution >= 4 is 58.5 Å². The summed E-state index contributed by atoms with van der Waals surface area (Å²) < 4.78 is 19.0. The van der Waals surface area contributed by atoms with E-state index in [1.807, 2.05) is 19.1 Å². The third kappa shape index (κ3) is 8.70. The molecule has 10 heteroatoms. The van der Waals surface area contributed by atoms with Crippen molar-refractivity contribution in [1.29, 1.82) is 0 Å². The van der Waals surface area contributed by atoms with Gasteiger partial charge >= 0.3 is 0 Å². The molecule has 0 saturated carbocycles. The lowest BCUT2D eigenvalue weighted by atomic mass is 10.1. The third-order valence-corrected chi connectivity index (χ3v) is 7.03. The van der Waals surface area contributed by atoms with Crippen LogP contribution >= 0.6 is 23.4 Å². The third-order valence-electron chi connectivity index (χ3n) is 5.73. The normalized spacial score (nSPS) is 11.0. The SMILES string of the molecule is CCOc1ccccc1/C=C(\NC(=O)c1ccccc1)C(=O)Nc1ccc(SCC(=O)Nc2ccc(F)c(Cl)c2)cc1. The smallest absolute Gasteiger partial charge is 0.272 e. The molecule has 0 aliphatic rings. The van der Waals surface area contributed by atoms with E-state index in [4.69, 9.17) is 16.3 Å². The van der Waals surface area contributed by atoms with Crippen LogP contribution in [0.1, 0.15) is 22.8 Å². The van der Waals surface area contributed by atoms with E-state index in [1.165, 1.54) is 30.0 Å². The minimum absolute atomic E-state index is 0.0343. The Labute approximate surface area is 252 Å². The molecule has 3 amide bonds. The van der Waals surface area contributed by atoms with E-state index in [0.717, 1.165) is 4.90 Å². The van der Waals surface area contributed by atoms with Crippen LogP contribution in [0.3, 0.4) is 0 Å². The van der Waals surface area contributed by atoms with E-state index in [1.54, 1.807) is 72.8 Å². The number of hydrogen-bond acceptors (Lipinski definition) is 5. The van der Waals surface area contributed by atoms with Gasteiger partial charge in [-0.25, -0.2) is 4.39 Å². The molecule has 214 valence electrons. The number of thioether (sulfide) groups is 1. The van der Waals surface area contributed by atoms with Crippen molar-refractivity contribution in [1.82, 2.24) is 5.32 Å². The quantitative estimate of drug-likeness (QED) is 0.126. The number of hydrogen-bond donors (Lipinski definition) is 3. The van der Waals surface area contributed by atoms with Crippen LogP contribution in [0.4, 0.5) is 15.8 Å². The molecule has 0 fully saturated rings. The lowest BCUT2D eigenvalue weighted by Crippen LogP contribution is -2.30. The number of para-hydroxylation sites is 1. The summed E-state index contributed by atoms with van der Waals surface area (Å²) in [6.07, 6.45) is 1.57. The van der Waals surface area contributed by atoms with Crippen molar-refractivity contribution in [2.45, 2.75) is 11.8 Å². The Kier molecular flexibility index (Phi) is 10.7. The van der Waals surface area contributed by atoms with Crippen molar-refractivity contribution in [3.8, 4) is 5.75 Å². The first-order chi connectivity index (χ1) is 20.3. The maximum atomic E-state index is 13.3. The molecule has 7 nitrogen and oxygen atoms in total. The Morgan fingerprint density at radius 3 is 2.29 bits per heavy atom.